The predicted molar refractivity (Wildman–Crippen MR) is 35.6 cm³/mol. The first-order valence-corrected chi connectivity index (χ1v) is 1.74. The van der Waals surface area contributed by atoms with Gasteiger partial charge in [0.1, 0.15) is 0 Å². The SMILES string of the molecule is C1=NNCC1.Cl.Cl. The minimum Gasteiger partial charge on any atom is -0.310 e. The van der Waals surface area contributed by atoms with Gasteiger partial charge in [0.15, 0.2) is 0 Å². The summed E-state index contributed by atoms with van der Waals surface area (Å²) >= 11 is 0. The van der Waals surface area contributed by atoms with Crippen LogP contribution in [0.1, 0.15) is 6.42 Å². The maximum absolute atomic E-state index is 3.71. The van der Waals surface area contributed by atoms with Crippen molar-refractivity contribution in [1.29, 1.82) is 0 Å². The molecule has 0 aromatic heterocycles. The van der Waals surface area contributed by atoms with Gasteiger partial charge < -0.3 is 5.43 Å². The van der Waals surface area contributed by atoms with Crippen LogP contribution < -0.4 is 5.43 Å². The highest BCUT2D eigenvalue weighted by Crippen LogP contribution is 1.75. The highest BCUT2D eigenvalue weighted by molar-refractivity contribution is 5.85. The van der Waals surface area contributed by atoms with E-state index in [0.717, 1.165) is 13.0 Å². The van der Waals surface area contributed by atoms with Crippen molar-refractivity contribution in [2.45, 2.75) is 6.42 Å². The Hall–Kier alpha value is 0.0500. The van der Waals surface area contributed by atoms with Crippen LogP contribution in [0.3, 0.4) is 0 Å². The van der Waals surface area contributed by atoms with Gasteiger partial charge in [-0.1, -0.05) is 0 Å². The van der Waals surface area contributed by atoms with Crippen molar-refractivity contribution in [3.63, 3.8) is 0 Å². The van der Waals surface area contributed by atoms with Gasteiger partial charge in [-0.2, -0.15) is 5.10 Å². The summed E-state index contributed by atoms with van der Waals surface area (Å²) < 4.78 is 0. The molecule has 44 valence electrons. The molecule has 0 saturated heterocycles. The Bertz CT molecular complexity index is 48.9. The van der Waals surface area contributed by atoms with E-state index in [1.54, 1.807) is 0 Å². The van der Waals surface area contributed by atoms with E-state index in [-0.39, 0.29) is 24.8 Å². The zero-order valence-corrected chi connectivity index (χ0v) is 5.39. The molecule has 0 aliphatic carbocycles. The fourth-order valence-electron chi connectivity index (χ4n) is 0.323. The Kier molecular flexibility index (Phi) is 8.75. The van der Waals surface area contributed by atoms with E-state index in [9.17, 15) is 0 Å². The highest BCUT2D eigenvalue weighted by Gasteiger charge is 1.83. The zero-order chi connectivity index (χ0) is 3.54. The van der Waals surface area contributed by atoms with Gasteiger partial charge in [-0.15, -0.1) is 24.8 Å². The molecule has 0 atom stereocenters. The molecule has 0 unspecified atom stereocenters. The van der Waals surface area contributed by atoms with Crippen molar-refractivity contribution in [3.05, 3.63) is 0 Å². The second-order valence-electron chi connectivity index (χ2n) is 1.01. The third kappa shape index (κ3) is 3.89. The first-order chi connectivity index (χ1) is 2.50. The number of hydrogen-bond donors (Lipinski definition) is 1. The summed E-state index contributed by atoms with van der Waals surface area (Å²) in [5.41, 5.74) is 2.79. The van der Waals surface area contributed by atoms with Crippen molar-refractivity contribution in [2.75, 3.05) is 6.54 Å². The van der Waals surface area contributed by atoms with Crippen molar-refractivity contribution in [1.82, 2.24) is 5.43 Å². The van der Waals surface area contributed by atoms with Crippen LogP contribution in [0.25, 0.3) is 0 Å². The van der Waals surface area contributed by atoms with Gasteiger partial charge in [0.25, 0.3) is 0 Å². The fourth-order valence-corrected chi connectivity index (χ4v) is 0.323. The molecular formula is C3H8Cl2N2. The van der Waals surface area contributed by atoms with Crippen LogP contribution in [0, 0.1) is 0 Å². The van der Waals surface area contributed by atoms with Crippen LogP contribution in [0.2, 0.25) is 0 Å². The number of hydrazone groups is 1. The summed E-state index contributed by atoms with van der Waals surface area (Å²) in [6.07, 6.45) is 2.97. The van der Waals surface area contributed by atoms with Crippen LogP contribution in [0.5, 0.6) is 0 Å². The largest absolute Gasteiger partial charge is 0.310 e. The molecule has 0 radical (unpaired) electrons. The first-order valence-electron chi connectivity index (χ1n) is 1.74. The molecular weight excluding hydrogens is 135 g/mol. The topological polar surface area (TPSA) is 24.4 Å². The number of nitrogens with one attached hydrogen (secondary N) is 1. The molecule has 1 rings (SSSR count). The van der Waals surface area contributed by atoms with Gasteiger partial charge in [-0.25, -0.2) is 0 Å². The molecule has 2 nitrogen and oxygen atoms in total. The van der Waals surface area contributed by atoms with E-state index >= 15 is 0 Å². The van der Waals surface area contributed by atoms with E-state index in [1.807, 2.05) is 6.21 Å². The molecule has 0 spiro atoms. The Balaban J connectivity index is 0. The van der Waals surface area contributed by atoms with Crippen LogP contribution in [-0.2, 0) is 0 Å². The molecule has 0 amide bonds. The van der Waals surface area contributed by atoms with E-state index in [4.69, 9.17) is 0 Å². The Morgan fingerprint density at radius 3 is 2.29 bits per heavy atom. The lowest BCUT2D eigenvalue weighted by atomic mass is 10.5. The third-order valence-corrected chi connectivity index (χ3v) is 0.568. The molecule has 1 aliphatic rings. The molecule has 0 aromatic carbocycles. The second-order valence-corrected chi connectivity index (χ2v) is 1.01. The quantitative estimate of drug-likeness (QED) is 0.533. The first kappa shape index (κ1) is 10.1. The monoisotopic (exact) mass is 142 g/mol. The van der Waals surface area contributed by atoms with Crippen LogP contribution in [-0.4, -0.2) is 12.8 Å². The lowest BCUT2D eigenvalue weighted by molar-refractivity contribution is 0.813. The molecule has 1 heterocycles. The number of nitrogens with zero attached hydrogens (tertiary/aromatic N) is 1. The molecule has 1 aliphatic heterocycles. The summed E-state index contributed by atoms with van der Waals surface area (Å²) in [6, 6.07) is 0. The van der Waals surface area contributed by atoms with Crippen molar-refractivity contribution in [3.8, 4) is 0 Å². The molecule has 0 aromatic rings. The summed E-state index contributed by atoms with van der Waals surface area (Å²) in [5.74, 6) is 0. The summed E-state index contributed by atoms with van der Waals surface area (Å²) in [5, 5.41) is 3.71. The molecule has 0 saturated carbocycles. The van der Waals surface area contributed by atoms with Crippen LogP contribution in [0.15, 0.2) is 5.10 Å². The van der Waals surface area contributed by atoms with Gasteiger partial charge in [0.05, 0.1) is 0 Å². The predicted octanol–water partition coefficient (Wildman–Crippen LogP) is 0.809. The van der Waals surface area contributed by atoms with Crippen molar-refractivity contribution < 1.29 is 0 Å². The summed E-state index contributed by atoms with van der Waals surface area (Å²) in [4.78, 5) is 0. The maximum atomic E-state index is 3.71. The van der Waals surface area contributed by atoms with Gasteiger partial charge in [0.2, 0.25) is 0 Å². The smallest absolute Gasteiger partial charge is 0.0379 e. The Morgan fingerprint density at radius 2 is 2.14 bits per heavy atom. The van der Waals surface area contributed by atoms with Gasteiger partial charge in [0, 0.05) is 19.2 Å². The van der Waals surface area contributed by atoms with Crippen LogP contribution in [0.4, 0.5) is 0 Å². The fraction of sp³-hybridized carbons (Fsp3) is 0.667. The minimum atomic E-state index is 0. The van der Waals surface area contributed by atoms with E-state index in [1.165, 1.54) is 0 Å². The van der Waals surface area contributed by atoms with Gasteiger partial charge >= 0.3 is 0 Å². The average molecular weight is 143 g/mol. The standard InChI is InChI=1S/C3H6N2.2ClH/c1-2-4-5-3-1;;/h2,5H,1,3H2;2*1H. The van der Waals surface area contributed by atoms with Crippen LogP contribution >= 0.6 is 24.8 Å². The average Bonchev–Trinajstić information content (AvgIpc) is 1.76. The van der Waals surface area contributed by atoms with E-state index < -0.39 is 0 Å². The molecule has 7 heavy (non-hydrogen) atoms. The van der Waals surface area contributed by atoms with Crippen molar-refractivity contribution >= 4 is 31.0 Å². The number of rotatable bonds is 0. The zero-order valence-electron chi connectivity index (χ0n) is 3.76. The maximum Gasteiger partial charge on any atom is 0.0379 e. The van der Waals surface area contributed by atoms with E-state index in [0.29, 0.717) is 0 Å². The van der Waals surface area contributed by atoms with Gasteiger partial charge in [-0.05, 0) is 0 Å². The summed E-state index contributed by atoms with van der Waals surface area (Å²) in [7, 11) is 0. The van der Waals surface area contributed by atoms with Crippen molar-refractivity contribution in [2.24, 2.45) is 5.10 Å². The lowest BCUT2D eigenvalue weighted by Crippen LogP contribution is -1.96. The molecule has 4 heteroatoms. The lowest BCUT2D eigenvalue weighted by Gasteiger charge is -1.76. The molecule has 1 N–H and O–H groups in total. The van der Waals surface area contributed by atoms with E-state index in [2.05, 4.69) is 10.5 Å². The Labute approximate surface area is 55.2 Å². The Morgan fingerprint density at radius 1 is 1.43 bits per heavy atom. The highest BCUT2D eigenvalue weighted by atomic mass is 35.5. The number of hydrogen-bond acceptors (Lipinski definition) is 2. The second kappa shape index (κ2) is 6.05. The molecule has 0 fully saturated rings. The molecule has 0 bridgehead atoms. The third-order valence-electron chi connectivity index (χ3n) is 0.568. The normalized spacial score (nSPS) is 13.7. The van der Waals surface area contributed by atoms with Gasteiger partial charge in [-0.3, -0.25) is 0 Å². The number of halogens is 2. The summed E-state index contributed by atoms with van der Waals surface area (Å²) in [6.45, 7) is 1.03. The minimum absolute atomic E-state index is 0.